The zero-order valence-electron chi connectivity index (χ0n) is 19.9. The molecule has 0 aliphatic carbocycles. The lowest BCUT2D eigenvalue weighted by molar-refractivity contribution is -0.143. The van der Waals surface area contributed by atoms with Gasteiger partial charge in [-0.1, -0.05) is 48.0 Å². The fourth-order valence-electron chi connectivity index (χ4n) is 4.66. The van der Waals surface area contributed by atoms with Gasteiger partial charge >= 0.3 is 5.97 Å². The molecule has 0 spiro atoms. The summed E-state index contributed by atoms with van der Waals surface area (Å²) in [4.78, 5) is 14.0. The molecule has 1 aliphatic heterocycles. The lowest BCUT2D eigenvalue weighted by Crippen LogP contribution is -2.41. The highest BCUT2D eigenvalue weighted by atomic mass is 35.5. The molecule has 0 saturated carbocycles. The second kappa shape index (κ2) is 11.5. The van der Waals surface area contributed by atoms with Gasteiger partial charge in [-0.05, 0) is 60.8 Å². The van der Waals surface area contributed by atoms with E-state index in [4.69, 9.17) is 25.8 Å². The van der Waals surface area contributed by atoms with Crippen LogP contribution in [-0.2, 0) is 11.4 Å². The minimum atomic E-state index is -0.770. The van der Waals surface area contributed by atoms with Crippen molar-refractivity contribution >= 4 is 17.6 Å². The van der Waals surface area contributed by atoms with Crippen LogP contribution in [0.4, 0.5) is 0 Å². The molecule has 1 fully saturated rings. The molecule has 3 aromatic rings. The number of benzene rings is 3. The first-order chi connectivity index (χ1) is 17.0. The van der Waals surface area contributed by atoms with Crippen LogP contribution in [0.1, 0.15) is 35.6 Å². The average Bonchev–Trinajstić information content (AvgIpc) is 2.89. The lowest BCUT2D eigenvalue weighted by atomic mass is 9.91. The Bertz CT molecular complexity index is 1150. The molecule has 35 heavy (non-hydrogen) atoms. The maximum atomic E-state index is 11.8. The van der Waals surface area contributed by atoms with Crippen LogP contribution in [0.2, 0.25) is 5.02 Å². The van der Waals surface area contributed by atoms with Gasteiger partial charge in [0.2, 0.25) is 0 Å². The summed E-state index contributed by atoms with van der Waals surface area (Å²) in [5, 5.41) is 10.3. The van der Waals surface area contributed by atoms with Crippen molar-refractivity contribution in [2.24, 2.45) is 5.92 Å². The molecule has 7 heteroatoms. The van der Waals surface area contributed by atoms with E-state index in [1.165, 1.54) is 0 Å². The fraction of sp³-hybridized carbons (Fsp3) is 0.321. The van der Waals surface area contributed by atoms with Crippen molar-refractivity contribution in [3.8, 4) is 17.2 Å². The van der Waals surface area contributed by atoms with Gasteiger partial charge in [0.1, 0.15) is 12.4 Å². The van der Waals surface area contributed by atoms with Crippen molar-refractivity contribution in [3.63, 3.8) is 0 Å². The molecule has 1 saturated heterocycles. The molecular weight excluding hydrogens is 466 g/mol. The summed E-state index contributed by atoms with van der Waals surface area (Å²) in [5.41, 5.74) is 2.89. The monoisotopic (exact) mass is 495 g/mol. The number of aliphatic carboxylic acids is 1. The molecule has 184 valence electrons. The number of ether oxygens (including phenoxy) is 3. The Morgan fingerprint density at radius 3 is 2.49 bits per heavy atom. The fourth-order valence-corrected chi connectivity index (χ4v) is 4.84. The van der Waals surface area contributed by atoms with Gasteiger partial charge in [-0.3, -0.25) is 9.69 Å². The SMILES string of the molecule is COc1cc(C(c2cc(Cl)ccc2OC)N2CCCC(C(=O)O)C2)ccc1OCc1ccccc1. The predicted octanol–water partition coefficient (Wildman–Crippen LogP) is 5.82. The van der Waals surface area contributed by atoms with Crippen LogP contribution in [0.15, 0.2) is 66.7 Å². The highest BCUT2D eigenvalue weighted by Gasteiger charge is 2.33. The van der Waals surface area contributed by atoms with Crippen LogP contribution in [-0.4, -0.2) is 43.3 Å². The maximum Gasteiger partial charge on any atom is 0.307 e. The second-order valence-electron chi connectivity index (χ2n) is 8.65. The summed E-state index contributed by atoms with van der Waals surface area (Å²) in [6.07, 6.45) is 1.46. The zero-order chi connectivity index (χ0) is 24.8. The molecule has 3 aromatic carbocycles. The number of piperidine rings is 1. The minimum absolute atomic E-state index is 0.261. The first kappa shape index (κ1) is 24.9. The molecule has 0 bridgehead atoms. The van der Waals surface area contributed by atoms with Crippen molar-refractivity contribution in [1.82, 2.24) is 4.90 Å². The Balaban J connectivity index is 1.71. The molecule has 0 amide bonds. The summed E-state index contributed by atoms with van der Waals surface area (Å²) in [5.74, 6) is 0.746. The van der Waals surface area contributed by atoms with E-state index in [0.29, 0.717) is 41.8 Å². The van der Waals surface area contributed by atoms with E-state index in [9.17, 15) is 9.90 Å². The van der Waals surface area contributed by atoms with Crippen molar-refractivity contribution in [2.45, 2.75) is 25.5 Å². The van der Waals surface area contributed by atoms with Gasteiger partial charge in [0.25, 0.3) is 0 Å². The van der Waals surface area contributed by atoms with Gasteiger partial charge in [-0.15, -0.1) is 0 Å². The Kier molecular flexibility index (Phi) is 8.16. The maximum absolute atomic E-state index is 11.8. The van der Waals surface area contributed by atoms with E-state index in [1.54, 1.807) is 20.3 Å². The van der Waals surface area contributed by atoms with Gasteiger partial charge in [-0.2, -0.15) is 0 Å². The minimum Gasteiger partial charge on any atom is -0.496 e. The Hall–Kier alpha value is -3.22. The first-order valence-corrected chi connectivity index (χ1v) is 12.0. The number of hydrogen-bond donors (Lipinski definition) is 1. The summed E-state index contributed by atoms with van der Waals surface area (Å²) in [6.45, 7) is 1.62. The number of rotatable bonds is 9. The van der Waals surface area contributed by atoms with Gasteiger partial charge in [0.15, 0.2) is 11.5 Å². The molecule has 1 heterocycles. The predicted molar refractivity (Wildman–Crippen MR) is 136 cm³/mol. The topological polar surface area (TPSA) is 68.2 Å². The van der Waals surface area contributed by atoms with Crippen LogP contribution in [0.3, 0.4) is 0 Å². The summed E-state index contributed by atoms with van der Waals surface area (Å²) >= 11 is 6.39. The second-order valence-corrected chi connectivity index (χ2v) is 9.08. The van der Waals surface area contributed by atoms with Gasteiger partial charge in [-0.25, -0.2) is 0 Å². The third-order valence-corrected chi connectivity index (χ3v) is 6.63. The molecule has 0 aromatic heterocycles. The van der Waals surface area contributed by atoms with Gasteiger partial charge in [0.05, 0.1) is 26.2 Å². The van der Waals surface area contributed by atoms with Gasteiger partial charge in [0, 0.05) is 17.1 Å². The Morgan fingerprint density at radius 1 is 1.03 bits per heavy atom. The van der Waals surface area contributed by atoms with Crippen molar-refractivity contribution < 1.29 is 24.1 Å². The zero-order valence-corrected chi connectivity index (χ0v) is 20.7. The molecular formula is C28H30ClNO5. The molecule has 2 atom stereocenters. The number of methoxy groups -OCH3 is 2. The molecule has 2 unspecified atom stereocenters. The Labute approximate surface area is 211 Å². The Morgan fingerprint density at radius 2 is 1.77 bits per heavy atom. The largest absolute Gasteiger partial charge is 0.496 e. The average molecular weight is 496 g/mol. The standard InChI is InChI=1S/C28H30ClNO5/c1-33-24-13-11-22(29)16-23(24)27(30-14-6-9-21(17-30)28(31)32)20-10-12-25(26(15-20)34-2)35-18-19-7-4-3-5-8-19/h3-5,7-8,10-13,15-16,21,27H,6,9,14,17-18H2,1-2H3,(H,31,32). The van der Waals surface area contributed by atoms with E-state index in [0.717, 1.165) is 29.7 Å². The quantitative estimate of drug-likeness (QED) is 0.403. The number of likely N-dealkylation sites (tertiary alicyclic amines) is 1. The molecule has 4 rings (SSSR count). The van der Waals surface area contributed by atoms with Crippen LogP contribution in [0.25, 0.3) is 0 Å². The lowest BCUT2D eigenvalue weighted by Gasteiger charge is -2.38. The molecule has 1 aliphatic rings. The molecule has 6 nitrogen and oxygen atoms in total. The van der Waals surface area contributed by atoms with E-state index in [1.807, 2.05) is 60.7 Å². The van der Waals surface area contributed by atoms with Crippen molar-refractivity contribution in [3.05, 3.63) is 88.4 Å². The third-order valence-electron chi connectivity index (χ3n) is 6.39. The van der Waals surface area contributed by atoms with Crippen molar-refractivity contribution in [2.75, 3.05) is 27.3 Å². The third kappa shape index (κ3) is 5.89. The van der Waals surface area contributed by atoms with Crippen LogP contribution < -0.4 is 14.2 Å². The summed E-state index contributed by atoms with van der Waals surface area (Å²) < 4.78 is 17.4. The number of halogens is 1. The number of hydrogen-bond acceptors (Lipinski definition) is 5. The number of carboxylic acid groups (broad SMARTS) is 1. The number of carboxylic acids is 1. The van der Waals surface area contributed by atoms with E-state index in [-0.39, 0.29) is 6.04 Å². The normalized spacial score (nSPS) is 16.9. The highest BCUT2D eigenvalue weighted by Crippen LogP contribution is 2.41. The number of carbonyl (C=O) groups is 1. The molecule has 0 radical (unpaired) electrons. The van der Waals surface area contributed by atoms with E-state index < -0.39 is 11.9 Å². The van der Waals surface area contributed by atoms with Gasteiger partial charge < -0.3 is 19.3 Å². The molecule has 1 N–H and O–H groups in total. The number of nitrogens with zero attached hydrogens (tertiary/aromatic N) is 1. The van der Waals surface area contributed by atoms with Crippen LogP contribution in [0.5, 0.6) is 17.2 Å². The smallest absolute Gasteiger partial charge is 0.307 e. The summed E-state index contributed by atoms with van der Waals surface area (Å²) in [6, 6.07) is 21.1. The highest BCUT2D eigenvalue weighted by molar-refractivity contribution is 6.30. The van der Waals surface area contributed by atoms with E-state index >= 15 is 0 Å². The first-order valence-electron chi connectivity index (χ1n) is 11.6. The van der Waals surface area contributed by atoms with E-state index in [2.05, 4.69) is 4.90 Å². The summed E-state index contributed by atoms with van der Waals surface area (Å²) in [7, 11) is 3.24. The van der Waals surface area contributed by atoms with Crippen molar-refractivity contribution in [1.29, 1.82) is 0 Å². The van der Waals surface area contributed by atoms with Crippen LogP contribution in [0, 0.1) is 5.92 Å². The van der Waals surface area contributed by atoms with Crippen LogP contribution >= 0.6 is 11.6 Å².